The predicted molar refractivity (Wildman–Crippen MR) is 138 cm³/mol. The van der Waals surface area contributed by atoms with E-state index in [-0.39, 0.29) is 12.4 Å². The molecular weight excluding hydrogens is 442 g/mol. The summed E-state index contributed by atoms with van der Waals surface area (Å²) >= 11 is 0. The molecule has 0 heterocycles. The summed E-state index contributed by atoms with van der Waals surface area (Å²) < 4.78 is 17.1. The van der Waals surface area contributed by atoms with Crippen LogP contribution in [0.5, 0.6) is 11.5 Å². The van der Waals surface area contributed by atoms with Gasteiger partial charge >= 0.3 is 5.97 Å². The van der Waals surface area contributed by atoms with Crippen molar-refractivity contribution < 1.29 is 24.1 Å². The lowest BCUT2D eigenvalue weighted by atomic mass is 10.0. The van der Waals surface area contributed by atoms with Crippen molar-refractivity contribution in [2.24, 2.45) is 0 Å². The third kappa shape index (κ3) is 7.90. The number of hydrogen-bond acceptors (Lipinski definition) is 6. The highest BCUT2D eigenvalue weighted by Gasteiger charge is 2.19. The normalized spacial score (nSPS) is 11.7. The van der Waals surface area contributed by atoms with Crippen LogP contribution in [0.25, 0.3) is 5.76 Å². The van der Waals surface area contributed by atoms with Crippen LogP contribution in [0.2, 0.25) is 0 Å². The monoisotopic (exact) mass is 475 g/mol. The van der Waals surface area contributed by atoms with Crippen LogP contribution in [-0.4, -0.2) is 56.4 Å². The molecular formula is C29H33NO5. The Bertz CT molecular complexity index is 1120. The van der Waals surface area contributed by atoms with Crippen molar-refractivity contribution in [3.63, 3.8) is 0 Å². The molecule has 1 atom stereocenters. The molecule has 3 aromatic carbocycles. The molecule has 0 radical (unpaired) electrons. The van der Waals surface area contributed by atoms with E-state index < -0.39 is 12.1 Å². The molecule has 0 fully saturated rings. The van der Waals surface area contributed by atoms with Crippen LogP contribution in [0.1, 0.15) is 27.0 Å². The van der Waals surface area contributed by atoms with E-state index in [0.717, 1.165) is 29.9 Å². The number of aryl methyl sites for hydroxylation is 2. The number of ether oxygens (including phenoxy) is 3. The summed E-state index contributed by atoms with van der Waals surface area (Å²) in [5, 5.41) is 9.63. The van der Waals surface area contributed by atoms with Gasteiger partial charge in [0.15, 0.2) is 0 Å². The average molecular weight is 476 g/mol. The Kier molecular flexibility index (Phi) is 9.32. The topological polar surface area (TPSA) is 68.2 Å². The third-order valence-corrected chi connectivity index (χ3v) is 5.51. The zero-order valence-electron chi connectivity index (χ0n) is 20.6. The van der Waals surface area contributed by atoms with E-state index in [1.807, 2.05) is 49.3 Å². The van der Waals surface area contributed by atoms with E-state index >= 15 is 0 Å². The number of methoxy groups -OCH3 is 1. The highest BCUT2D eigenvalue weighted by Crippen LogP contribution is 2.22. The number of esters is 1. The molecule has 0 aromatic heterocycles. The molecule has 0 unspecified atom stereocenters. The Morgan fingerprint density at radius 2 is 1.69 bits per heavy atom. The molecule has 0 saturated heterocycles. The number of nitrogens with zero attached hydrogens (tertiary/aromatic N) is 1. The zero-order chi connectivity index (χ0) is 25.2. The van der Waals surface area contributed by atoms with Crippen LogP contribution >= 0.6 is 0 Å². The Balaban J connectivity index is 1.65. The Hall–Kier alpha value is -3.77. The number of carbonyl (C=O) groups is 1. The number of hydrogen-bond donors (Lipinski definition) is 1. The summed E-state index contributed by atoms with van der Waals surface area (Å²) in [7, 11) is 5.49. The van der Waals surface area contributed by atoms with E-state index in [4.69, 9.17) is 14.2 Å². The van der Waals surface area contributed by atoms with Gasteiger partial charge < -0.3 is 24.2 Å². The molecule has 0 bridgehead atoms. The van der Waals surface area contributed by atoms with Gasteiger partial charge in [0.25, 0.3) is 0 Å². The van der Waals surface area contributed by atoms with Crippen molar-refractivity contribution in [2.45, 2.75) is 18.9 Å². The van der Waals surface area contributed by atoms with Gasteiger partial charge in [0.2, 0.25) is 0 Å². The summed E-state index contributed by atoms with van der Waals surface area (Å²) in [5.41, 5.74) is 3.13. The first-order valence-electron chi connectivity index (χ1n) is 11.5. The van der Waals surface area contributed by atoms with Crippen molar-refractivity contribution in [3.8, 4) is 11.5 Å². The number of para-hydroxylation sites is 1. The van der Waals surface area contributed by atoms with Crippen molar-refractivity contribution in [1.82, 2.24) is 4.90 Å². The molecule has 0 aliphatic carbocycles. The quantitative estimate of drug-likeness (QED) is 0.288. The van der Waals surface area contributed by atoms with Gasteiger partial charge in [-0.2, -0.15) is 0 Å². The van der Waals surface area contributed by atoms with E-state index in [2.05, 4.69) is 24.8 Å². The maximum Gasteiger partial charge on any atom is 0.338 e. The molecule has 184 valence electrons. The Morgan fingerprint density at radius 1 is 0.971 bits per heavy atom. The summed E-state index contributed by atoms with van der Waals surface area (Å²) in [6.45, 7) is 4.23. The fourth-order valence-corrected chi connectivity index (χ4v) is 3.68. The number of aliphatic hydroxyl groups excluding tert-OH is 1. The largest absolute Gasteiger partial charge is 0.508 e. The number of rotatable bonds is 12. The highest BCUT2D eigenvalue weighted by atomic mass is 16.6. The molecule has 0 saturated carbocycles. The summed E-state index contributed by atoms with van der Waals surface area (Å²) in [5.74, 6) is 1.04. The van der Waals surface area contributed by atoms with E-state index in [1.165, 1.54) is 5.56 Å². The summed E-state index contributed by atoms with van der Waals surface area (Å²) in [4.78, 5) is 14.7. The summed E-state index contributed by atoms with van der Waals surface area (Å²) in [6.07, 6.45) is 1.21. The van der Waals surface area contributed by atoms with Crippen LogP contribution in [0.4, 0.5) is 0 Å². The first-order valence-corrected chi connectivity index (χ1v) is 11.5. The molecule has 0 amide bonds. The second kappa shape index (κ2) is 12.6. The lowest BCUT2D eigenvalue weighted by Gasteiger charge is -2.22. The van der Waals surface area contributed by atoms with E-state index in [1.54, 1.807) is 31.4 Å². The fraction of sp³-hybridized carbons (Fsp3) is 0.276. The van der Waals surface area contributed by atoms with Crippen LogP contribution < -0.4 is 9.47 Å². The molecule has 3 aromatic rings. The van der Waals surface area contributed by atoms with Crippen molar-refractivity contribution in [3.05, 3.63) is 102 Å². The second-order valence-electron chi connectivity index (χ2n) is 8.58. The first kappa shape index (κ1) is 25.8. The molecule has 6 heteroatoms. The van der Waals surface area contributed by atoms with Gasteiger partial charge in [0, 0.05) is 12.1 Å². The molecule has 0 spiro atoms. The number of carbonyl (C=O) groups excluding carboxylic acids is 1. The average Bonchev–Trinajstić information content (AvgIpc) is 2.86. The van der Waals surface area contributed by atoms with Gasteiger partial charge in [-0.15, -0.1) is 0 Å². The summed E-state index contributed by atoms with van der Waals surface area (Å²) in [6, 6.07) is 22.6. The van der Waals surface area contributed by atoms with Gasteiger partial charge in [0.05, 0.1) is 12.7 Å². The molecule has 1 N–H and O–H groups in total. The van der Waals surface area contributed by atoms with Gasteiger partial charge in [-0.1, -0.05) is 49.0 Å². The maximum atomic E-state index is 12.8. The van der Waals surface area contributed by atoms with Gasteiger partial charge in [-0.05, 0) is 68.4 Å². The number of aliphatic hydroxyl groups is 1. The van der Waals surface area contributed by atoms with Crippen molar-refractivity contribution in [1.29, 1.82) is 0 Å². The highest BCUT2D eigenvalue weighted by molar-refractivity contribution is 5.90. The second-order valence-corrected chi connectivity index (χ2v) is 8.58. The smallest absolute Gasteiger partial charge is 0.338 e. The van der Waals surface area contributed by atoms with E-state index in [0.29, 0.717) is 17.7 Å². The third-order valence-electron chi connectivity index (χ3n) is 5.51. The minimum atomic E-state index is -0.479. The van der Waals surface area contributed by atoms with E-state index in [9.17, 15) is 9.90 Å². The first-order chi connectivity index (χ1) is 16.9. The molecule has 6 nitrogen and oxygen atoms in total. The Labute approximate surface area is 207 Å². The molecule has 3 rings (SSSR count). The number of benzene rings is 3. The Morgan fingerprint density at radius 3 is 2.37 bits per heavy atom. The van der Waals surface area contributed by atoms with Gasteiger partial charge in [-0.25, -0.2) is 4.79 Å². The fourth-order valence-electron chi connectivity index (χ4n) is 3.68. The SMILES string of the molecule is C=C(O)c1cccc(C(=O)O[C@H](COc2ccccc2CCc2ccc(OC)cc2)CN(C)C)c1. The number of likely N-dealkylation sites (N-methyl/N-ethyl adjacent to an activating group) is 1. The van der Waals surface area contributed by atoms with Crippen molar-refractivity contribution in [2.75, 3.05) is 34.4 Å². The van der Waals surface area contributed by atoms with Crippen LogP contribution in [0, 0.1) is 0 Å². The molecule has 0 aliphatic heterocycles. The zero-order valence-corrected chi connectivity index (χ0v) is 20.6. The van der Waals surface area contributed by atoms with Gasteiger partial charge in [0.1, 0.15) is 30.0 Å². The molecule has 35 heavy (non-hydrogen) atoms. The van der Waals surface area contributed by atoms with Crippen LogP contribution in [0.15, 0.2) is 79.4 Å². The molecule has 0 aliphatic rings. The minimum Gasteiger partial charge on any atom is -0.508 e. The van der Waals surface area contributed by atoms with Gasteiger partial charge in [-0.3, -0.25) is 0 Å². The standard InChI is InChI=1S/C29H33NO5/c1-21(31)24-9-7-10-25(18-24)29(32)35-27(19-30(2)3)20-34-28-11-6-5-8-23(28)15-12-22-13-16-26(33-4)17-14-22/h5-11,13-14,16-18,27,31H,1,12,15,19-20H2,2-4H3/t27-/m0/s1. The van der Waals surface area contributed by atoms with Crippen LogP contribution in [0.3, 0.4) is 0 Å². The maximum absolute atomic E-state index is 12.8. The lowest BCUT2D eigenvalue weighted by Crippen LogP contribution is -2.35. The van der Waals surface area contributed by atoms with Crippen molar-refractivity contribution >= 4 is 11.7 Å². The minimum absolute atomic E-state index is 0.0981. The van der Waals surface area contributed by atoms with Crippen LogP contribution in [-0.2, 0) is 17.6 Å². The predicted octanol–water partition coefficient (Wildman–Crippen LogP) is 5.18. The lowest BCUT2D eigenvalue weighted by molar-refractivity contribution is 0.0103.